The van der Waals surface area contributed by atoms with Crippen molar-refractivity contribution in [3.05, 3.63) is 35.9 Å². The molecule has 0 fully saturated rings. The van der Waals surface area contributed by atoms with Crippen LogP contribution in [0.5, 0.6) is 0 Å². The maximum Gasteiger partial charge on any atom is 0.263 e. The molecule has 0 saturated heterocycles. The van der Waals surface area contributed by atoms with Gasteiger partial charge in [0.1, 0.15) is 8.93 Å². The molecule has 14 heavy (non-hydrogen) atoms. The molecule has 1 aromatic carbocycles. The SMILES string of the molecule is O=S(=O)(CI)/N=C(\Cl)c1ccccc1. The van der Waals surface area contributed by atoms with Crippen LogP contribution in [0.1, 0.15) is 5.56 Å². The van der Waals surface area contributed by atoms with E-state index in [0.717, 1.165) is 0 Å². The van der Waals surface area contributed by atoms with Crippen LogP contribution in [-0.4, -0.2) is 17.3 Å². The number of hydrogen-bond acceptors (Lipinski definition) is 2. The fraction of sp³-hybridized carbons (Fsp3) is 0.125. The molecular formula is C8H7ClINO2S. The van der Waals surface area contributed by atoms with Gasteiger partial charge >= 0.3 is 0 Å². The van der Waals surface area contributed by atoms with Gasteiger partial charge in [0.2, 0.25) is 0 Å². The molecular weight excluding hydrogens is 337 g/mol. The van der Waals surface area contributed by atoms with Crippen LogP contribution in [0.3, 0.4) is 0 Å². The van der Waals surface area contributed by atoms with Crippen LogP contribution in [0.4, 0.5) is 0 Å². The first-order valence-corrected chi connectivity index (χ1v) is 7.16. The van der Waals surface area contributed by atoms with Gasteiger partial charge in [-0.15, -0.1) is 0 Å². The van der Waals surface area contributed by atoms with E-state index in [0.29, 0.717) is 5.56 Å². The number of rotatable bonds is 3. The second kappa shape index (κ2) is 5.09. The van der Waals surface area contributed by atoms with Crippen molar-refractivity contribution in [3.63, 3.8) is 0 Å². The molecule has 0 radical (unpaired) electrons. The Kier molecular flexibility index (Phi) is 4.33. The third-order valence-corrected chi connectivity index (χ3v) is 4.87. The minimum Gasteiger partial charge on any atom is -0.204 e. The van der Waals surface area contributed by atoms with Crippen molar-refractivity contribution < 1.29 is 8.42 Å². The first kappa shape index (κ1) is 11.9. The van der Waals surface area contributed by atoms with Gasteiger partial charge in [-0.2, -0.15) is 4.40 Å². The molecule has 1 aromatic rings. The molecule has 0 spiro atoms. The second-order valence-corrected chi connectivity index (χ2v) is 6.23. The van der Waals surface area contributed by atoms with Crippen molar-refractivity contribution >= 4 is 49.4 Å². The Balaban J connectivity index is 3.03. The summed E-state index contributed by atoms with van der Waals surface area (Å²) in [6, 6.07) is 8.76. The molecule has 0 bridgehead atoms. The van der Waals surface area contributed by atoms with Crippen molar-refractivity contribution in [3.8, 4) is 0 Å². The van der Waals surface area contributed by atoms with Gasteiger partial charge in [0.25, 0.3) is 10.0 Å². The average molecular weight is 344 g/mol. The van der Waals surface area contributed by atoms with Crippen LogP contribution in [-0.2, 0) is 10.0 Å². The Morgan fingerprint density at radius 1 is 1.36 bits per heavy atom. The summed E-state index contributed by atoms with van der Waals surface area (Å²) in [5.41, 5.74) is 0.600. The highest BCUT2D eigenvalue weighted by Gasteiger charge is 2.08. The van der Waals surface area contributed by atoms with E-state index in [4.69, 9.17) is 11.6 Å². The zero-order valence-electron chi connectivity index (χ0n) is 7.02. The summed E-state index contributed by atoms with van der Waals surface area (Å²) in [5, 5.41) is 0.00210. The predicted octanol–water partition coefficient (Wildman–Crippen LogP) is 2.39. The van der Waals surface area contributed by atoms with E-state index in [9.17, 15) is 8.42 Å². The average Bonchev–Trinajstić information content (AvgIpc) is 2.19. The van der Waals surface area contributed by atoms with E-state index in [1.165, 1.54) is 0 Å². The molecule has 0 aliphatic rings. The fourth-order valence-corrected chi connectivity index (χ4v) is 2.03. The molecule has 0 saturated carbocycles. The van der Waals surface area contributed by atoms with Crippen LogP contribution in [0.2, 0.25) is 0 Å². The summed E-state index contributed by atoms with van der Waals surface area (Å²) < 4.78 is 25.6. The van der Waals surface area contributed by atoms with Gasteiger partial charge < -0.3 is 0 Å². The predicted molar refractivity (Wildman–Crippen MR) is 66.6 cm³/mol. The Labute approximate surface area is 101 Å². The van der Waals surface area contributed by atoms with Crippen LogP contribution in [0.15, 0.2) is 34.7 Å². The summed E-state index contributed by atoms with van der Waals surface area (Å²) in [5.74, 6) is 0. The standard InChI is InChI=1S/C8H7ClINO2S/c9-8(11-14(12,13)6-10)7-4-2-1-3-5-7/h1-5H,6H2/b11-8-. The van der Waals surface area contributed by atoms with E-state index in [1.54, 1.807) is 46.9 Å². The lowest BCUT2D eigenvalue weighted by atomic mass is 10.2. The molecule has 0 atom stereocenters. The highest BCUT2D eigenvalue weighted by atomic mass is 127. The van der Waals surface area contributed by atoms with E-state index in [1.807, 2.05) is 6.07 Å². The zero-order valence-corrected chi connectivity index (χ0v) is 10.8. The molecule has 6 heteroatoms. The number of halogens is 2. The van der Waals surface area contributed by atoms with Gasteiger partial charge in [-0.1, -0.05) is 64.5 Å². The lowest BCUT2D eigenvalue weighted by molar-refractivity contribution is 0.603. The Morgan fingerprint density at radius 2 is 1.93 bits per heavy atom. The smallest absolute Gasteiger partial charge is 0.204 e. The molecule has 0 heterocycles. The third-order valence-electron chi connectivity index (χ3n) is 1.37. The van der Waals surface area contributed by atoms with Crippen molar-refractivity contribution in [1.82, 2.24) is 0 Å². The highest BCUT2D eigenvalue weighted by Crippen LogP contribution is 2.08. The van der Waals surface area contributed by atoms with Gasteiger partial charge in [0, 0.05) is 5.56 Å². The Hall–Kier alpha value is -0.140. The first-order chi connectivity index (χ1) is 6.55. The van der Waals surface area contributed by atoms with Crippen molar-refractivity contribution in [1.29, 1.82) is 0 Å². The third kappa shape index (κ3) is 3.55. The first-order valence-electron chi connectivity index (χ1n) is 3.65. The Bertz CT molecular complexity index is 430. The molecule has 0 amide bonds. The molecule has 0 aliphatic carbocycles. The van der Waals surface area contributed by atoms with Gasteiger partial charge in [0.05, 0.1) is 0 Å². The molecule has 3 nitrogen and oxygen atoms in total. The quantitative estimate of drug-likeness (QED) is 0.481. The van der Waals surface area contributed by atoms with Gasteiger partial charge in [-0.25, -0.2) is 8.42 Å². The lowest BCUT2D eigenvalue weighted by Crippen LogP contribution is -2.00. The van der Waals surface area contributed by atoms with Crippen molar-refractivity contribution in [2.75, 3.05) is 3.76 Å². The molecule has 0 aromatic heterocycles. The number of alkyl halides is 1. The van der Waals surface area contributed by atoms with Gasteiger partial charge in [-0.05, 0) is 0 Å². The Morgan fingerprint density at radius 3 is 2.43 bits per heavy atom. The van der Waals surface area contributed by atoms with Gasteiger partial charge in [-0.3, -0.25) is 0 Å². The lowest BCUT2D eigenvalue weighted by Gasteiger charge is -1.97. The van der Waals surface area contributed by atoms with E-state index in [-0.39, 0.29) is 8.93 Å². The minimum atomic E-state index is -3.42. The monoisotopic (exact) mass is 343 g/mol. The van der Waals surface area contributed by atoms with Crippen LogP contribution < -0.4 is 0 Å². The van der Waals surface area contributed by atoms with Gasteiger partial charge in [0.15, 0.2) is 0 Å². The number of nitrogens with zero attached hydrogens (tertiary/aromatic N) is 1. The van der Waals surface area contributed by atoms with Crippen molar-refractivity contribution in [2.24, 2.45) is 4.40 Å². The maximum absolute atomic E-state index is 11.1. The number of sulfonamides is 1. The van der Waals surface area contributed by atoms with Crippen LogP contribution in [0.25, 0.3) is 0 Å². The number of hydrogen-bond donors (Lipinski definition) is 0. The molecule has 0 unspecified atom stereocenters. The summed E-state index contributed by atoms with van der Waals surface area (Å²) in [6.07, 6.45) is 0. The summed E-state index contributed by atoms with van der Waals surface area (Å²) >= 11 is 7.47. The van der Waals surface area contributed by atoms with Crippen LogP contribution >= 0.6 is 34.2 Å². The van der Waals surface area contributed by atoms with E-state index >= 15 is 0 Å². The highest BCUT2D eigenvalue weighted by molar-refractivity contribution is 14.1. The van der Waals surface area contributed by atoms with E-state index < -0.39 is 10.0 Å². The molecule has 0 N–H and O–H groups in total. The minimum absolute atomic E-state index is 0.00210. The van der Waals surface area contributed by atoms with E-state index in [2.05, 4.69) is 4.40 Å². The topological polar surface area (TPSA) is 46.5 Å². The normalized spacial score (nSPS) is 12.9. The second-order valence-electron chi connectivity index (χ2n) is 2.44. The summed E-state index contributed by atoms with van der Waals surface area (Å²) in [4.78, 5) is 0. The number of benzene rings is 1. The molecule has 0 aliphatic heterocycles. The van der Waals surface area contributed by atoms with Crippen LogP contribution in [0, 0.1) is 0 Å². The largest absolute Gasteiger partial charge is 0.263 e. The summed E-state index contributed by atoms with van der Waals surface area (Å²) in [7, 11) is -3.42. The van der Waals surface area contributed by atoms with Crippen molar-refractivity contribution in [2.45, 2.75) is 0 Å². The molecule has 76 valence electrons. The molecule has 1 rings (SSSR count). The fourth-order valence-electron chi connectivity index (χ4n) is 0.775. The maximum atomic E-state index is 11.1. The summed E-state index contributed by atoms with van der Waals surface area (Å²) in [6.45, 7) is 0. The zero-order chi connectivity index (χ0) is 10.6.